The van der Waals surface area contributed by atoms with E-state index < -0.39 is 27.9 Å². The molecule has 114 valence electrons. The molecule has 0 radical (unpaired) electrons. The van der Waals surface area contributed by atoms with E-state index in [0.717, 1.165) is 0 Å². The number of anilines is 1. The number of amides is 2. The number of benzene rings is 1. The van der Waals surface area contributed by atoms with Crippen LogP contribution in [-0.2, 0) is 14.6 Å². The molecule has 1 heterocycles. The van der Waals surface area contributed by atoms with Crippen LogP contribution in [0.25, 0.3) is 0 Å². The third-order valence-electron chi connectivity index (χ3n) is 3.15. The molecule has 1 saturated heterocycles. The number of urea groups is 1. The minimum Gasteiger partial charge on any atom is -0.465 e. The summed E-state index contributed by atoms with van der Waals surface area (Å²) < 4.78 is 27.3. The van der Waals surface area contributed by atoms with Crippen molar-refractivity contribution in [2.75, 3.05) is 23.9 Å². The van der Waals surface area contributed by atoms with Crippen molar-refractivity contribution >= 4 is 27.5 Å². The van der Waals surface area contributed by atoms with Crippen LogP contribution in [0.5, 0.6) is 0 Å². The van der Waals surface area contributed by atoms with E-state index in [1.54, 1.807) is 18.2 Å². The Labute approximate surface area is 122 Å². The summed E-state index contributed by atoms with van der Waals surface area (Å²) in [5, 5.41) is 5.12. The molecule has 0 aliphatic carbocycles. The average molecular weight is 312 g/mol. The number of esters is 1. The minimum atomic E-state index is -3.06. The first kappa shape index (κ1) is 15.3. The molecule has 21 heavy (non-hydrogen) atoms. The van der Waals surface area contributed by atoms with Gasteiger partial charge in [0.15, 0.2) is 9.84 Å². The van der Waals surface area contributed by atoms with Gasteiger partial charge in [0.2, 0.25) is 0 Å². The van der Waals surface area contributed by atoms with Gasteiger partial charge in [-0.2, -0.15) is 0 Å². The molecule has 0 bridgehead atoms. The maximum Gasteiger partial charge on any atom is 0.339 e. The number of para-hydroxylation sites is 1. The summed E-state index contributed by atoms with van der Waals surface area (Å²) >= 11 is 0. The summed E-state index contributed by atoms with van der Waals surface area (Å²) in [5.74, 6) is -0.537. The monoisotopic (exact) mass is 312 g/mol. The van der Waals surface area contributed by atoms with Crippen molar-refractivity contribution in [1.82, 2.24) is 5.32 Å². The number of carbonyl (C=O) groups is 2. The minimum absolute atomic E-state index is 0.0565. The highest BCUT2D eigenvalue weighted by atomic mass is 32.2. The predicted octanol–water partition coefficient (Wildman–Crippen LogP) is 0.782. The lowest BCUT2D eigenvalue weighted by atomic mass is 10.2. The van der Waals surface area contributed by atoms with Gasteiger partial charge in [-0.25, -0.2) is 18.0 Å². The second kappa shape index (κ2) is 6.13. The van der Waals surface area contributed by atoms with Gasteiger partial charge in [0.25, 0.3) is 0 Å². The van der Waals surface area contributed by atoms with Gasteiger partial charge >= 0.3 is 12.0 Å². The molecule has 1 aliphatic rings. The van der Waals surface area contributed by atoms with Crippen molar-refractivity contribution in [3.63, 3.8) is 0 Å². The number of hydrogen-bond acceptors (Lipinski definition) is 5. The smallest absolute Gasteiger partial charge is 0.339 e. The van der Waals surface area contributed by atoms with E-state index in [1.807, 2.05) is 0 Å². The van der Waals surface area contributed by atoms with Crippen molar-refractivity contribution in [3.8, 4) is 0 Å². The van der Waals surface area contributed by atoms with E-state index in [-0.39, 0.29) is 17.1 Å². The molecule has 7 nitrogen and oxygen atoms in total. The molecule has 0 saturated carbocycles. The third kappa shape index (κ3) is 3.94. The summed E-state index contributed by atoms with van der Waals surface area (Å²) in [6.07, 6.45) is 0.397. The van der Waals surface area contributed by atoms with Gasteiger partial charge in [0.1, 0.15) is 0 Å². The Balaban J connectivity index is 2.02. The molecule has 0 aromatic heterocycles. The van der Waals surface area contributed by atoms with Crippen LogP contribution in [0.1, 0.15) is 16.8 Å². The van der Waals surface area contributed by atoms with E-state index in [0.29, 0.717) is 12.1 Å². The van der Waals surface area contributed by atoms with Crippen LogP contribution in [0.3, 0.4) is 0 Å². The van der Waals surface area contributed by atoms with Gasteiger partial charge in [0, 0.05) is 6.04 Å². The lowest BCUT2D eigenvalue weighted by molar-refractivity contribution is 0.0602. The Kier molecular flexibility index (Phi) is 4.46. The van der Waals surface area contributed by atoms with E-state index in [1.165, 1.54) is 13.2 Å². The molecule has 1 aromatic carbocycles. The molecule has 1 aromatic rings. The molecule has 0 unspecified atom stereocenters. The Hall–Kier alpha value is -2.09. The zero-order valence-corrected chi connectivity index (χ0v) is 12.3. The van der Waals surface area contributed by atoms with E-state index in [9.17, 15) is 18.0 Å². The first-order chi connectivity index (χ1) is 9.91. The lowest BCUT2D eigenvalue weighted by Crippen LogP contribution is -2.38. The van der Waals surface area contributed by atoms with Crippen LogP contribution in [0.4, 0.5) is 10.5 Å². The van der Waals surface area contributed by atoms with Crippen LogP contribution in [0.15, 0.2) is 24.3 Å². The second-order valence-corrected chi connectivity index (χ2v) is 6.96. The average Bonchev–Trinajstić information content (AvgIpc) is 2.77. The summed E-state index contributed by atoms with van der Waals surface area (Å²) in [7, 11) is -1.80. The molecule has 1 aliphatic heterocycles. The van der Waals surface area contributed by atoms with Crippen LogP contribution in [0, 0.1) is 0 Å². The summed E-state index contributed by atoms with van der Waals surface area (Å²) in [4.78, 5) is 23.4. The van der Waals surface area contributed by atoms with Crippen molar-refractivity contribution in [1.29, 1.82) is 0 Å². The lowest BCUT2D eigenvalue weighted by Gasteiger charge is -2.13. The van der Waals surface area contributed by atoms with Gasteiger partial charge in [-0.1, -0.05) is 12.1 Å². The normalized spacial score (nSPS) is 19.8. The molecule has 2 amide bonds. The standard InChI is InChI=1S/C13H16N2O5S/c1-20-12(16)10-4-2-3-5-11(10)15-13(17)14-9-6-7-21(18,19)8-9/h2-5,9H,6-8H2,1H3,(H2,14,15,17)/t9-/m0/s1. The van der Waals surface area contributed by atoms with Crippen LogP contribution < -0.4 is 10.6 Å². The fourth-order valence-electron chi connectivity index (χ4n) is 2.13. The fraction of sp³-hybridized carbons (Fsp3) is 0.385. The molecular weight excluding hydrogens is 296 g/mol. The van der Waals surface area contributed by atoms with Gasteiger partial charge in [-0.15, -0.1) is 0 Å². The van der Waals surface area contributed by atoms with Crippen LogP contribution in [0.2, 0.25) is 0 Å². The second-order valence-electron chi connectivity index (χ2n) is 4.74. The molecule has 2 rings (SSSR count). The van der Waals surface area contributed by atoms with Crippen molar-refractivity contribution < 1.29 is 22.7 Å². The molecule has 0 spiro atoms. The van der Waals surface area contributed by atoms with E-state index >= 15 is 0 Å². The molecular formula is C13H16N2O5S. The van der Waals surface area contributed by atoms with E-state index in [2.05, 4.69) is 15.4 Å². The largest absolute Gasteiger partial charge is 0.465 e. The first-order valence-corrected chi connectivity index (χ1v) is 8.19. The van der Waals surface area contributed by atoms with Gasteiger partial charge in [0.05, 0.1) is 29.9 Å². The first-order valence-electron chi connectivity index (χ1n) is 6.36. The molecule has 8 heteroatoms. The highest BCUT2D eigenvalue weighted by Crippen LogP contribution is 2.16. The Morgan fingerprint density at radius 2 is 2.00 bits per heavy atom. The number of rotatable bonds is 3. The topological polar surface area (TPSA) is 102 Å². The zero-order chi connectivity index (χ0) is 15.5. The van der Waals surface area contributed by atoms with Gasteiger partial charge in [-0.3, -0.25) is 0 Å². The van der Waals surface area contributed by atoms with Crippen molar-refractivity contribution in [2.24, 2.45) is 0 Å². The number of carbonyl (C=O) groups excluding carboxylic acids is 2. The third-order valence-corrected chi connectivity index (χ3v) is 4.92. The number of hydrogen-bond donors (Lipinski definition) is 2. The highest BCUT2D eigenvalue weighted by Gasteiger charge is 2.29. The number of nitrogens with one attached hydrogen (secondary N) is 2. The highest BCUT2D eigenvalue weighted by molar-refractivity contribution is 7.91. The quantitative estimate of drug-likeness (QED) is 0.803. The zero-order valence-electron chi connectivity index (χ0n) is 11.5. The van der Waals surface area contributed by atoms with Gasteiger partial charge < -0.3 is 15.4 Å². The predicted molar refractivity (Wildman–Crippen MR) is 77.0 cm³/mol. The Morgan fingerprint density at radius 1 is 1.29 bits per heavy atom. The van der Waals surface area contributed by atoms with E-state index in [4.69, 9.17) is 0 Å². The Bertz CT molecular complexity index is 656. The summed E-state index contributed by atoms with van der Waals surface area (Å²) in [6.45, 7) is 0. The molecule has 1 fully saturated rings. The van der Waals surface area contributed by atoms with Crippen LogP contribution in [-0.4, -0.2) is 45.1 Å². The fourth-order valence-corrected chi connectivity index (χ4v) is 3.81. The maximum atomic E-state index is 11.9. The number of methoxy groups -OCH3 is 1. The van der Waals surface area contributed by atoms with Crippen LogP contribution >= 0.6 is 0 Å². The molecule has 1 atom stereocenters. The number of sulfone groups is 1. The van der Waals surface area contributed by atoms with Crippen molar-refractivity contribution in [3.05, 3.63) is 29.8 Å². The summed E-state index contributed by atoms with van der Waals surface area (Å²) in [5.41, 5.74) is 0.539. The SMILES string of the molecule is COC(=O)c1ccccc1NC(=O)N[C@H]1CCS(=O)(=O)C1. The summed E-state index contributed by atoms with van der Waals surface area (Å²) in [6, 6.07) is 5.47. The molecule has 2 N–H and O–H groups in total. The number of ether oxygens (including phenoxy) is 1. The Morgan fingerprint density at radius 3 is 2.62 bits per heavy atom. The van der Waals surface area contributed by atoms with Gasteiger partial charge in [-0.05, 0) is 18.6 Å². The van der Waals surface area contributed by atoms with Crippen molar-refractivity contribution in [2.45, 2.75) is 12.5 Å². The maximum absolute atomic E-state index is 11.9.